The Morgan fingerprint density at radius 1 is 1.60 bits per heavy atom. The molecule has 1 aliphatic heterocycles. The molecule has 15 heavy (non-hydrogen) atoms. The van der Waals surface area contributed by atoms with Crippen molar-refractivity contribution < 1.29 is 4.79 Å². The fourth-order valence-corrected chi connectivity index (χ4v) is 1.54. The Morgan fingerprint density at radius 3 is 3.27 bits per heavy atom. The summed E-state index contributed by atoms with van der Waals surface area (Å²) in [5.74, 6) is 1.12. The zero-order valence-corrected chi connectivity index (χ0v) is 8.66. The second-order valence-electron chi connectivity index (χ2n) is 3.57. The molecule has 80 valence electrons. The zero-order valence-electron chi connectivity index (χ0n) is 8.66. The number of anilines is 2. The van der Waals surface area contributed by atoms with Crippen LogP contribution >= 0.6 is 0 Å². The number of Topliss-reactive ketones (excluding diaryl/α,β-unsaturated/α-hetero) is 1. The molecule has 2 rings (SSSR count). The summed E-state index contributed by atoms with van der Waals surface area (Å²) in [4.78, 5) is 15.0. The van der Waals surface area contributed by atoms with Crippen molar-refractivity contribution in [1.29, 1.82) is 0 Å². The third kappa shape index (κ3) is 2.24. The highest BCUT2D eigenvalue weighted by Gasteiger charge is 2.18. The predicted molar refractivity (Wildman–Crippen MR) is 58.3 cm³/mol. The lowest BCUT2D eigenvalue weighted by Gasteiger charge is -2.15. The molecule has 5 nitrogen and oxygen atoms in total. The summed E-state index contributed by atoms with van der Waals surface area (Å²) in [6.45, 7) is 2.39. The highest BCUT2D eigenvalue weighted by Crippen LogP contribution is 2.25. The number of hydrogen-bond donors (Lipinski definition) is 2. The van der Waals surface area contributed by atoms with Crippen LogP contribution in [0.4, 0.5) is 11.5 Å². The van der Waals surface area contributed by atoms with Gasteiger partial charge in [0.2, 0.25) is 0 Å². The van der Waals surface area contributed by atoms with Crippen molar-refractivity contribution in [1.82, 2.24) is 10.5 Å². The molecule has 0 radical (unpaired) electrons. The molecule has 0 unspecified atom stereocenters. The summed E-state index contributed by atoms with van der Waals surface area (Å²) in [7, 11) is 0. The predicted octanol–water partition coefficient (Wildman–Crippen LogP) is 1.10. The average molecular weight is 206 g/mol. The Bertz CT molecular complexity index is 366. The molecule has 0 amide bonds. The lowest BCUT2D eigenvalue weighted by Crippen LogP contribution is -2.37. The van der Waals surface area contributed by atoms with E-state index in [4.69, 9.17) is 0 Å². The van der Waals surface area contributed by atoms with E-state index in [0.29, 0.717) is 6.42 Å². The monoisotopic (exact) mass is 206 g/mol. The Kier molecular flexibility index (Phi) is 2.82. The van der Waals surface area contributed by atoms with Gasteiger partial charge in [-0.1, -0.05) is 0 Å². The van der Waals surface area contributed by atoms with Gasteiger partial charge in [-0.25, -0.2) is 4.98 Å². The zero-order chi connectivity index (χ0) is 10.7. The van der Waals surface area contributed by atoms with Crippen LogP contribution in [0.15, 0.2) is 18.3 Å². The maximum atomic E-state index is 10.8. The number of hydrogen-bond acceptors (Lipinski definition) is 5. The van der Waals surface area contributed by atoms with E-state index < -0.39 is 0 Å². The Morgan fingerprint density at radius 2 is 2.47 bits per heavy atom. The van der Waals surface area contributed by atoms with E-state index in [2.05, 4.69) is 15.9 Å². The molecule has 0 fully saturated rings. The first-order chi connectivity index (χ1) is 7.27. The number of nitrogens with zero attached hydrogens (tertiary/aromatic N) is 2. The van der Waals surface area contributed by atoms with Gasteiger partial charge in [-0.3, -0.25) is 5.01 Å². The lowest BCUT2D eigenvalue weighted by atomic mass is 10.2. The molecule has 1 aromatic heterocycles. The summed E-state index contributed by atoms with van der Waals surface area (Å²) >= 11 is 0. The van der Waals surface area contributed by atoms with Crippen molar-refractivity contribution in [3.8, 4) is 0 Å². The van der Waals surface area contributed by atoms with Crippen molar-refractivity contribution in [3.63, 3.8) is 0 Å². The summed E-state index contributed by atoms with van der Waals surface area (Å²) in [6.07, 6.45) is 3.20. The molecule has 2 N–H and O–H groups in total. The molecule has 5 heteroatoms. The van der Waals surface area contributed by atoms with Gasteiger partial charge < -0.3 is 10.2 Å². The van der Waals surface area contributed by atoms with Crippen LogP contribution < -0.4 is 16.0 Å². The van der Waals surface area contributed by atoms with Crippen molar-refractivity contribution in [2.75, 3.05) is 17.0 Å². The van der Waals surface area contributed by atoms with Crippen molar-refractivity contribution in [2.24, 2.45) is 0 Å². The van der Waals surface area contributed by atoms with Crippen LogP contribution in [-0.2, 0) is 4.79 Å². The van der Waals surface area contributed by atoms with E-state index >= 15 is 0 Å². The van der Waals surface area contributed by atoms with Crippen LogP contribution in [0.25, 0.3) is 0 Å². The number of carbonyl (C=O) groups is 1. The van der Waals surface area contributed by atoms with Gasteiger partial charge >= 0.3 is 0 Å². The number of ketones is 1. The van der Waals surface area contributed by atoms with E-state index in [1.807, 2.05) is 17.1 Å². The molecule has 1 aromatic rings. The van der Waals surface area contributed by atoms with Crippen molar-refractivity contribution in [2.45, 2.75) is 19.8 Å². The van der Waals surface area contributed by atoms with Crippen molar-refractivity contribution in [3.05, 3.63) is 18.3 Å². The third-order valence-corrected chi connectivity index (χ3v) is 2.28. The smallest absolute Gasteiger partial charge is 0.169 e. The average Bonchev–Trinajstić information content (AvgIpc) is 2.62. The topological polar surface area (TPSA) is 57.3 Å². The van der Waals surface area contributed by atoms with Crippen LogP contribution in [0.2, 0.25) is 0 Å². The van der Waals surface area contributed by atoms with Gasteiger partial charge in [0.15, 0.2) is 5.82 Å². The SMILES string of the molecule is CC(=O)CCCN1NNc2cccnc21. The first-order valence-electron chi connectivity index (χ1n) is 5.01. The normalized spacial score (nSPS) is 13.5. The number of hydrazine groups is 2. The molecule has 0 bridgehead atoms. The second kappa shape index (κ2) is 4.27. The van der Waals surface area contributed by atoms with E-state index in [1.165, 1.54) is 0 Å². The molecule has 0 saturated heterocycles. The Balaban J connectivity index is 1.93. The standard InChI is InChI=1S/C10H14N4O/c1-8(15)4-3-7-14-10-9(12-13-14)5-2-6-11-10/h2,5-6,12-13H,3-4,7H2,1H3. The molecule has 0 spiro atoms. The van der Waals surface area contributed by atoms with Gasteiger partial charge in [-0.15, -0.1) is 5.53 Å². The summed E-state index contributed by atoms with van der Waals surface area (Å²) in [5, 5.41) is 1.91. The minimum Gasteiger partial charge on any atom is -0.300 e. The fourth-order valence-electron chi connectivity index (χ4n) is 1.54. The molecule has 2 heterocycles. The molecule has 0 atom stereocenters. The first-order valence-corrected chi connectivity index (χ1v) is 5.01. The van der Waals surface area contributed by atoms with Gasteiger partial charge in [-0.05, 0) is 25.5 Å². The quantitative estimate of drug-likeness (QED) is 0.772. The number of pyridine rings is 1. The largest absolute Gasteiger partial charge is 0.300 e. The minimum atomic E-state index is 0.225. The van der Waals surface area contributed by atoms with E-state index in [0.717, 1.165) is 24.5 Å². The summed E-state index contributed by atoms with van der Waals surface area (Å²) in [6, 6.07) is 3.84. The van der Waals surface area contributed by atoms with E-state index in [1.54, 1.807) is 13.1 Å². The Hall–Kier alpha value is -1.62. The highest BCUT2D eigenvalue weighted by molar-refractivity contribution is 5.75. The van der Waals surface area contributed by atoms with Crippen LogP contribution in [0.5, 0.6) is 0 Å². The second-order valence-corrected chi connectivity index (χ2v) is 3.57. The van der Waals surface area contributed by atoms with Crippen LogP contribution in [0, 0.1) is 0 Å². The minimum absolute atomic E-state index is 0.225. The lowest BCUT2D eigenvalue weighted by molar-refractivity contribution is -0.117. The fraction of sp³-hybridized carbons (Fsp3) is 0.400. The number of rotatable bonds is 4. The highest BCUT2D eigenvalue weighted by atomic mass is 16.1. The number of aromatic nitrogens is 1. The Labute approximate surface area is 88.4 Å². The third-order valence-electron chi connectivity index (χ3n) is 2.28. The van der Waals surface area contributed by atoms with Crippen molar-refractivity contribution >= 4 is 17.3 Å². The van der Waals surface area contributed by atoms with Crippen LogP contribution in [0.3, 0.4) is 0 Å². The summed E-state index contributed by atoms with van der Waals surface area (Å²) < 4.78 is 0. The number of carbonyl (C=O) groups excluding carboxylic acids is 1. The van der Waals surface area contributed by atoms with Gasteiger partial charge in [0, 0.05) is 19.2 Å². The molecule has 0 aliphatic carbocycles. The van der Waals surface area contributed by atoms with Gasteiger partial charge in [0.1, 0.15) is 5.78 Å². The van der Waals surface area contributed by atoms with E-state index in [-0.39, 0.29) is 5.78 Å². The number of nitrogens with one attached hydrogen (secondary N) is 2. The molecule has 1 aliphatic rings. The maximum Gasteiger partial charge on any atom is 0.169 e. The molecule has 0 saturated carbocycles. The summed E-state index contributed by atoms with van der Waals surface area (Å²) in [5.41, 5.74) is 6.99. The number of fused-ring (bicyclic) bond motifs is 1. The molecule has 0 aromatic carbocycles. The molecular formula is C10H14N4O. The first kappa shape index (κ1) is 9.92. The van der Waals surface area contributed by atoms with Crippen LogP contribution in [0.1, 0.15) is 19.8 Å². The van der Waals surface area contributed by atoms with Gasteiger partial charge in [-0.2, -0.15) is 0 Å². The van der Waals surface area contributed by atoms with Gasteiger partial charge in [0.25, 0.3) is 0 Å². The van der Waals surface area contributed by atoms with Gasteiger partial charge in [0.05, 0.1) is 5.69 Å². The molecular weight excluding hydrogens is 192 g/mol. The van der Waals surface area contributed by atoms with Crippen LogP contribution in [-0.4, -0.2) is 17.3 Å². The van der Waals surface area contributed by atoms with E-state index in [9.17, 15) is 4.79 Å². The maximum absolute atomic E-state index is 10.8.